The molecule has 0 spiro atoms. The lowest BCUT2D eigenvalue weighted by Crippen LogP contribution is -2.56. The molecule has 1 fully saturated rings. The van der Waals surface area contributed by atoms with Crippen LogP contribution in [0, 0.1) is 5.92 Å². The second kappa shape index (κ2) is 7.21. The van der Waals surface area contributed by atoms with Gasteiger partial charge in [-0.1, -0.05) is 11.6 Å². The third-order valence-corrected chi connectivity index (χ3v) is 5.42. The molecule has 0 radical (unpaired) electrons. The molecule has 3 heterocycles. The first kappa shape index (κ1) is 17.8. The van der Waals surface area contributed by atoms with Crippen LogP contribution in [0.4, 0.5) is 0 Å². The minimum absolute atomic E-state index is 0.141. The summed E-state index contributed by atoms with van der Waals surface area (Å²) in [6, 6.07) is 5.57. The van der Waals surface area contributed by atoms with Crippen molar-refractivity contribution in [3.63, 3.8) is 0 Å². The molecule has 9 heteroatoms. The Bertz CT molecular complexity index is 1000. The van der Waals surface area contributed by atoms with Crippen molar-refractivity contribution in [2.75, 3.05) is 13.6 Å². The number of carbonyl (C=O) groups excluding carboxylic acids is 2. The van der Waals surface area contributed by atoms with Crippen LogP contribution in [0.15, 0.2) is 29.1 Å². The monoisotopic (exact) mass is 404 g/mol. The Morgan fingerprint density at radius 1 is 1.48 bits per heavy atom. The van der Waals surface area contributed by atoms with Gasteiger partial charge >= 0.3 is 0 Å². The normalized spacial score (nSPS) is 16.4. The lowest BCUT2D eigenvalue weighted by atomic mass is 9.99. The Hall–Kier alpha value is -2.58. The summed E-state index contributed by atoms with van der Waals surface area (Å²) in [7, 11) is 1.68. The minimum atomic E-state index is -0.570. The van der Waals surface area contributed by atoms with Crippen LogP contribution in [-0.2, 0) is 22.7 Å². The quantitative estimate of drug-likeness (QED) is 0.488. The van der Waals surface area contributed by atoms with Gasteiger partial charge in [0.25, 0.3) is 0 Å². The minimum Gasteiger partial charge on any atom is -0.486 e. The molecule has 1 aromatic carbocycles. The molecule has 1 unspecified atom stereocenters. The molecule has 1 atom stereocenters. The van der Waals surface area contributed by atoms with Gasteiger partial charge in [-0.15, -0.1) is 11.3 Å². The molecule has 0 aliphatic carbocycles. The zero-order valence-corrected chi connectivity index (χ0v) is 16.1. The van der Waals surface area contributed by atoms with Crippen molar-refractivity contribution < 1.29 is 14.3 Å². The van der Waals surface area contributed by atoms with Crippen LogP contribution < -0.4 is 10.1 Å². The van der Waals surface area contributed by atoms with Crippen molar-refractivity contribution in [2.45, 2.75) is 13.2 Å². The first-order valence-electron chi connectivity index (χ1n) is 8.35. The molecule has 1 saturated heterocycles. The fourth-order valence-corrected chi connectivity index (χ4v) is 3.73. The Labute approximate surface area is 164 Å². The maximum Gasteiger partial charge on any atom is 0.236 e. The lowest BCUT2D eigenvalue weighted by molar-refractivity contribution is -0.152. The summed E-state index contributed by atoms with van der Waals surface area (Å²) in [6.45, 7) is 1.13. The van der Waals surface area contributed by atoms with E-state index in [0.29, 0.717) is 30.5 Å². The largest absolute Gasteiger partial charge is 0.486 e. The molecule has 0 saturated carbocycles. The predicted molar refractivity (Wildman–Crippen MR) is 103 cm³/mol. The van der Waals surface area contributed by atoms with E-state index in [1.807, 2.05) is 23.6 Å². The average Bonchev–Trinajstić information content (AvgIpc) is 3.31. The Balaban J connectivity index is 1.42. The topological polar surface area (TPSA) is 87.3 Å². The van der Waals surface area contributed by atoms with Gasteiger partial charge < -0.3 is 19.9 Å². The number of carbonyl (C=O) groups is 2. The van der Waals surface area contributed by atoms with Crippen LogP contribution in [0.3, 0.4) is 0 Å². The van der Waals surface area contributed by atoms with Crippen LogP contribution >= 0.6 is 22.9 Å². The number of halogens is 1. The van der Waals surface area contributed by atoms with E-state index in [1.165, 1.54) is 16.2 Å². The van der Waals surface area contributed by atoms with Gasteiger partial charge in [-0.25, -0.2) is 4.98 Å². The molecule has 140 valence electrons. The summed E-state index contributed by atoms with van der Waals surface area (Å²) in [5, 5.41) is 6.15. The Morgan fingerprint density at radius 2 is 2.33 bits per heavy atom. The van der Waals surface area contributed by atoms with E-state index in [9.17, 15) is 9.59 Å². The highest BCUT2D eigenvalue weighted by Gasteiger charge is 2.39. The van der Waals surface area contributed by atoms with Gasteiger partial charge in [-0.05, 0) is 12.1 Å². The number of aromatic nitrogens is 2. The van der Waals surface area contributed by atoms with Crippen LogP contribution in [-0.4, -0.2) is 40.3 Å². The second-order valence-corrected chi connectivity index (χ2v) is 7.55. The molecular formula is C18H17ClN4O3S. The summed E-state index contributed by atoms with van der Waals surface area (Å²) < 4.78 is 5.75. The van der Waals surface area contributed by atoms with Crippen LogP contribution in [0.2, 0.25) is 5.02 Å². The van der Waals surface area contributed by atoms with Gasteiger partial charge in [0.15, 0.2) is 0 Å². The van der Waals surface area contributed by atoms with Gasteiger partial charge in [0.1, 0.15) is 18.3 Å². The van der Waals surface area contributed by atoms with Crippen molar-refractivity contribution in [3.05, 3.63) is 45.5 Å². The average molecular weight is 405 g/mol. The number of benzene rings is 1. The van der Waals surface area contributed by atoms with Crippen molar-refractivity contribution in [1.29, 1.82) is 0 Å². The molecule has 1 aliphatic rings. The SMILES string of the molecule is CN1CC(C(=O)NCc2cc3cc(Cl)c(OCc4cscn4)cc3[nH]2)C1=O. The number of β-lactam (4-membered cyclic amide) rings is 1. The van der Waals surface area contributed by atoms with Gasteiger partial charge in [-0.2, -0.15) is 0 Å². The van der Waals surface area contributed by atoms with E-state index in [2.05, 4.69) is 15.3 Å². The van der Waals surface area contributed by atoms with E-state index in [-0.39, 0.29) is 11.8 Å². The molecule has 1 aliphatic heterocycles. The van der Waals surface area contributed by atoms with E-state index in [1.54, 1.807) is 12.6 Å². The smallest absolute Gasteiger partial charge is 0.236 e. The van der Waals surface area contributed by atoms with Crippen LogP contribution in [0.5, 0.6) is 5.75 Å². The van der Waals surface area contributed by atoms with Crippen LogP contribution in [0.1, 0.15) is 11.4 Å². The summed E-state index contributed by atoms with van der Waals surface area (Å²) in [4.78, 5) is 32.6. The van der Waals surface area contributed by atoms with Crippen LogP contribution in [0.25, 0.3) is 10.9 Å². The van der Waals surface area contributed by atoms with Gasteiger partial charge in [-0.3, -0.25) is 9.59 Å². The maximum atomic E-state index is 12.1. The number of aromatic amines is 1. The predicted octanol–water partition coefficient (Wildman–Crippen LogP) is 2.56. The summed E-state index contributed by atoms with van der Waals surface area (Å²) >= 11 is 7.82. The first-order valence-corrected chi connectivity index (χ1v) is 9.67. The zero-order valence-electron chi connectivity index (χ0n) is 14.5. The molecule has 27 heavy (non-hydrogen) atoms. The zero-order chi connectivity index (χ0) is 19.0. The third kappa shape index (κ3) is 3.63. The molecule has 2 amide bonds. The number of nitrogens with zero attached hydrogens (tertiary/aromatic N) is 2. The van der Waals surface area contributed by atoms with E-state index in [0.717, 1.165) is 22.3 Å². The number of hydrogen-bond donors (Lipinski definition) is 2. The Morgan fingerprint density at radius 3 is 3.04 bits per heavy atom. The van der Waals surface area contributed by atoms with Crippen molar-refractivity contribution in [3.8, 4) is 5.75 Å². The fourth-order valence-electron chi connectivity index (χ4n) is 2.96. The Kier molecular flexibility index (Phi) is 4.75. The number of rotatable bonds is 6. The summed E-state index contributed by atoms with van der Waals surface area (Å²) in [5.74, 6) is -0.392. The number of likely N-dealkylation sites (tertiary alicyclic amines) is 1. The second-order valence-electron chi connectivity index (χ2n) is 6.42. The van der Waals surface area contributed by atoms with Crippen molar-refractivity contribution in [1.82, 2.24) is 20.2 Å². The molecule has 4 rings (SSSR count). The molecule has 2 aromatic heterocycles. The highest BCUT2D eigenvalue weighted by molar-refractivity contribution is 7.07. The fraction of sp³-hybridized carbons (Fsp3) is 0.278. The van der Waals surface area contributed by atoms with Crippen molar-refractivity contribution >= 4 is 45.7 Å². The summed E-state index contributed by atoms with van der Waals surface area (Å²) in [6.07, 6.45) is 0. The number of fused-ring (bicyclic) bond motifs is 1. The van der Waals surface area contributed by atoms with Gasteiger partial charge in [0.2, 0.25) is 11.8 Å². The van der Waals surface area contributed by atoms with Gasteiger partial charge in [0.05, 0.1) is 22.8 Å². The number of hydrogen-bond acceptors (Lipinski definition) is 5. The van der Waals surface area contributed by atoms with Crippen molar-refractivity contribution in [2.24, 2.45) is 5.92 Å². The number of ether oxygens (including phenoxy) is 1. The van der Waals surface area contributed by atoms with E-state index in [4.69, 9.17) is 16.3 Å². The maximum absolute atomic E-state index is 12.1. The number of thiazole rings is 1. The highest BCUT2D eigenvalue weighted by atomic mass is 35.5. The summed E-state index contributed by atoms with van der Waals surface area (Å²) in [5.41, 5.74) is 4.29. The third-order valence-electron chi connectivity index (χ3n) is 4.49. The molecule has 3 aromatic rings. The van der Waals surface area contributed by atoms with Gasteiger partial charge in [0, 0.05) is 41.6 Å². The number of nitrogens with one attached hydrogen (secondary N) is 2. The van der Waals surface area contributed by atoms with E-state index < -0.39 is 5.92 Å². The van der Waals surface area contributed by atoms with E-state index >= 15 is 0 Å². The molecule has 7 nitrogen and oxygen atoms in total. The first-order chi connectivity index (χ1) is 13.0. The number of H-pyrrole nitrogens is 1. The molecule has 0 bridgehead atoms. The standard InChI is InChI=1S/C18H17ClN4O3S/c1-23-6-13(18(23)25)17(24)20-5-11-2-10-3-14(19)16(4-15(10)22-11)26-7-12-8-27-9-21-12/h2-4,8-9,13,22H,5-7H2,1H3,(H,20,24). The molecule has 2 N–H and O–H groups in total. The molecular weight excluding hydrogens is 388 g/mol. The highest BCUT2D eigenvalue weighted by Crippen LogP contribution is 2.31. The lowest BCUT2D eigenvalue weighted by Gasteiger charge is -2.34. The number of amides is 2.